The quantitative estimate of drug-likeness (QED) is 0.251. The second-order valence-electron chi connectivity index (χ2n) is 11.8. The SMILES string of the molecule is O=S(=O)(O)c1ccc2c(c1)C1=Nc3c4ccc(S(=O)(=O)O)cc4c4[n]3[In]([Cl])[n]3c(c5ccccc5c3=NC3=NC(=N4)c4ccccc43)=NC2=N1. The van der Waals surface area contributed by atoms with Gasteiger partial charge < -0.3 is 0 Å². The van der Waals surface area contributed by atoms with Crippen LogP contribution in [0.5, 0.6) is 0 Å². The summed E-state index contributed by atoms with van der Waals surface area (Å²) in [5, 5.41) is 2.22. The molecule has 0 saturated heterocycles. The van der Waals surface area contributed by atoms with Crippen molar-refractivity contribution in [2.24, 2.45) is 30.0 Å². The van der Waals surface area contributed by atoms with Crippen molar-refractivity contribution in [3.8, 4) is 0 Å². The maximum absolute atomic E-state index is 12.4. The van der Waals surface area contributed by atoms with Gasteiger partial charge in [0.05, 0.1) is 0 Å². The zero-order valence-corrected chi connectivity index (χ0v) is 30.6. The van der Waals surface area contributed by atoms with E-state index in [4.69, 9.17) is 38.5 Å². The third kappa shape index (κ3) is 4.21. The van der Waals surface area contributed by atoms with Crippen molar-refractivity contribution in [3.63, 3.8) is 0 Å². The van der Waals surface area contributed by atoms with Gasteiger partial charge in [-0.2, -0.15) is 0 Å². The molecule has 4 aliphatic heterocycles. The topological polar surface area (TPSA) is 193 Å². The fourth-order valence-electron chi connectivity index (χ4n) is 6.75. The first-order valence-corrected chi connectivity index (χ1v) is 24.9. The molecule has 0 unspecified atom stereocenters. The summed E-state index contributed by atoms with van der Waals surface area (Å²) in [6, 6.07) is 23.2. The second-order valence-corrected chi connectivity index (χ2v) is 21.9. The van der Waals surface area contributed by atoms with E-state index in [1.165, 1.54) is 36.4 Å². The van der Waals surface area contributed by atoms with Gasteiger partial charge in [-0.1, -0.05) is 0 Å². The Morgan fingerprint density at radius 1 is 0.500 bits per heavy atom. The minimum absolute atomic E-state index is 0.0888. The van der Waals surface area contributed by atoms with Crippen molar-refractivity contribution in [2.75, 3.05) is 0 Å². The molecule has 2 aromatic heterocycles. The summed E-state index contributed by atoms with van der Waals surface area (Å²) in [7, 11) is -1.47. The molecular weight excluding hydrogens is 807 g/mol. The van der Waals surface area contributed by atoms with E-state index in [2.05, 4.69) is 0 Å². The molecule has 4 aromatic carbocycles. The van der Waals surface area contributed by atoms with Crippen LogP contribution in [0.2, 0.25) is 0 Å². The molecule has 0 spiro atoms. The zero-order chi connectivity index (χ0) is 34.3. The van der Waals surface area contributed by atoms with Crippen LogP contribution in [0, 0.1) is 0 Å². The van der Waals surface area contributed by atoms with Crippen molar-refractivity contribution >= 4 is 106 Å². The molecule has 14 nitrogen and oxygen atoms in total. The van der Waals surface area contributed by atoms with Gasteiger partial charge in [-0.25, -0.2) is 0 Å². The van der Waals surface area contributed by atoms with Crippen molar-refractivity contribution < 1.29 is 25.9 Å². The number of halogens is 1. The molecule has 6 bridgehead atoms. The Morgan fingerprint density at radius 2 is 0.980 bits per heavy atom. The van der Waals surface area contributed by atoms with Gasteiger partial charge in [-0.05, 0) is 0 Å². The molecule has 6 heterocycles. The third-order valence-corrected chi connectivity index (χ3v) is 18.5. The molecule has 4 aliphatic rings. The number of rotatable bonds is 2. The van der Waals surface area contributed by atoms with Crippen LogP contribution >= 0.6 is 8.58 Å². The minimum atomic E-state index is -4.64. The summed E-state index contributed by atoms with van der Waals surface area (Å²) >= 11 is -4.16. The summed E-state index contributed by atoms with van der Waals surface area (Å²) in [5.74, 6) is 1.57. The Bertz CT molecular complexity index is 3130. The van der Waals surface area contributed by atoms with Crippen molar-refractivity contribution in [2.45, 2.75) is 9.79 Å². The van der Waals surface area contributed by atoms with Crippen molar-refractivity contribution in [3.05, 3.63) is 118 Å². The summed E-state index contributed by atoms with van der Waals surface area (Å²) in [6.07, 6.45) is 0. The van der Waals surface area contributed by atoms with E-state index in [1.807, 2.05) is 51.1 Å². The molecule has 6 aromatic rings. The van der Waals surface area contributed by atoms with Crippen LogP contribution in [0.25, 0.3) is 21.5 Å². The number of fused-ring (bicyclic) bond motifs is 14. The van der Waals surface area contributed by atoms with Gasteiger partial charge in [0, 0.05) is 0 Å². The van der Waals surface area contributed by atoms with Gasteiger partial charge in [0.15, 0.2) is 0 Å². The van der Waals surface area contributed by atoms with Gasteiger partial charge in [0.1, 0.15) is 0 Å². The molecule has 2 N–H and O–H groups in total. The first-order chi connectivity index (χ1) is 24.0. The average molecular weight is 823 g/mol. The third-order valence-electron chi connectivity index (χ3n) is 8.97. The number of benzene rings is 4. The molecule has 0 atom stereocenters. The predicted octanol–water partition coefficient (Wildman–Crippen LogP) is 3.65. The fourth-order valence-corrected chi connectivity index (χ4v) is 15.5. The van der Waals surface area contributed by atoms with Crippen LogP contribution in [0.3, 0.4) is 0 Å². The number of amidine groups is 4. The van der Waals surface area contributed by atoms with Crippen LogP contribution < -0.4 is 11.0 Å². The number of nitrogens with zero attached hydrogens (tertiary/aromatic N) is 8. The molecule has 0 fully saturated rings. The van der Waals surface area contributed by atoms with E-state index in [0.717, 1.165) is 16.3 Å². The Kier molecular flexibility index (Phi) is 6.10. The average Bonchev–Trinajstić information content (AvgIpc) is 3.79. The van der Waals surface area contributed by atoms with Gasteiger partial charge in [0.25, 0.3) is 0 Å². The molecule has 0 radical (unpaired) electrons. The molecule has 242 valence electrons. The van der Waals surface area contributed by atoms with Gasteiger partial charge in [0.2, 0.25) is 0 Å². The number of aromatic nitrogens is 2. The molecule has 10 rings (SSSR count). The van der Waals surface area contributed by atoms with Crippen LogP contribution in [0.4, 0.5) is 11.6 Å². The Labute approximate surface area is 293 Å². The molecule has 0 amide bonds. The zero-order valence-electron chi connectivity index (χ0n) is 25.0. The van der Waals surface area contributed by atoms with Gasteiger partial charge in [-0.3, -0.25) is 0 Å². The summed E-state index contributed by atoms with van der Waals surface area (Å²) in [5.41, 5.74) is 3.15. The molecular formula is C32H16ClInN8O6S2. The standard InChI is InChI=1S/C32H16N8O6S2.ClH.In/c41-47(42,43)15-9-11-21-23(13-15)32-38-29(21)36-27-18-6-2-1-5-17(18)25(34-27)33-26-19-7-3-4-8-20(19)28(35-26)37-31-24-14-16(48(44,45)46)10-12-22(24)30(39-31)40-32;;/h1-14H,(H2-2,33,34,35,36,37,38,39,40,41,42,43,44,45,46);1H;/q-2;;+3/p-1. The summed E-state index contributed by atoms with van der Waals surface area (Å²) < 4.78 is 72.9. The van der Waals surface area contributed by atoms with Crippen molar-refractivity contribution in [1.29, 1.82) is 0 Å². The number of hydrogen-bond donors (Lipinski definition) is 2. The first-order valence-electron chi connectivity index (χ1n) is 14.9. The van der Waals surface area contributed by atoms with E-state index < -0.39 is 41.1 Å². The Hall–Kier alpha value is -4.78. The normalized spacial score (nSPS) is 15.8. The van der Waals surface area contributed by atoms with E-state index in [0.29, 0.717) is 50.1 Å². The van der Waals surface area contributed by atoms with E-state index in [9.17, 15) is 25.9 Å². The first kappa shape index (κ1) is 30.1. The summed E-state index contributed by atoms with van der Waals surface area (Å²) in [6.45, 7) is 0. The molecule has 0 saturated carbocycles. The van der Waals surface area contributed by atoms with E-state index in [1.54, 1.807) is 2.55 Å². The van der Waals surface area contributed by atoms with Crippen LogP contribution in [-0.2, 0) is 20.2 Å². The second kappa shape index (κ2) is 10.1. The molecule has 50 heavy (non-hydrogen) atoms. The molecule has 0 aliphatic carbocycles. The summed E-state index contributed by atoms with van der Waals surface area (Å²) in [4.78, 5) is 29.1. The fraction of sp³-hybridized carbons (Fsp3) is 0. The van der Waals surface area contributed by atoms with E-state index in [-0.39, 0.29) is 33.1 Å². The van der Waals surface area contributed by atoms with Gasteiger partial charge >= 0.3 is 295 Å². The van der Waals surface area contributed by atoms with Crippen LogP contribution in [-0.4, -0.2) is 75.2 Å². The van der Waals surface area contributed by atoms with Crippen LogP contribution in [0.1, 0.15) is 22.3 Å². The molecule has 18 heteroatoms. The number of hydrogen-bond acceptors (Lipinski definition) is 10. The van der Waals surface area contributed by atoms with E-state index >= 15 is 0 Å². The Morgan fingerprint density at radius 3 is 1.58 bits per heavy atom. The van der Waals surface area contributed by atoms with Crippen molar-refractivity contribution in [1.82, 2.24) is 5.11 Å². The Balaban J connectivity index is 1.46. The number of aliphatic imine (C=N–C) groups is 4. The van der Waals surface area contributed by atoms with Crippen LogP contribution in [0.15, 0.2) is 125 Å². The monoisotopic (exact) mass is 822 g/mol. The predicted molar refractivity (Wildman–Crippen MR) is 187 cm³/mol. The maximum atomic E-state index is 12.4. The van der Waals surface area contributed by atoms with Gasteiger partial charge in [-0.15, -0.1) is 0 Å².